The van der Waals surface area contributed by atoms with Crippen LogP contribution in [-0.4, -0.2) is 18.5 Å². The topological polar surface area (TPSA) is 35.5 Å². The van der Waals surface area contributed by atoms with Crippen molar-refractivity contribution >= 4 is 28.8 Å². The summed E-state index contributed by atoms with van der Waals surface area (Å²) in [6.45, 7) is 4.40. The molecule has 3 nitrogen and oxygen atoms in total. The minimum absolute atomic E-state index is 0.378. The number of benzene rings is 1. The normalized spacial score (nSPS) is 11.7. The van der Waals surface area contributed by atoms with Crippen LogP contribution in [0.2, 0.25) is 0 Å². The van der Waals surface area contributed by atoms with Gasteiger partial charge >= 0.3 is 7.60 Å². The van der Waals surface area contributed by atoms with Gasteiger partial charge in [-0.2, -0.15) is 0 Å². The molecular weight excluding hydrogens is 315 g/mol. The van der Waals surface area contributed by atoms with Crippen LogP contribution >= 0.6 is 23.5 Å². The molecule has 1 aromatic carbocycles. The SMILES string of the molecule is CCOP(=O)(OCC)c1cccc(CCCBr)c1. The molecule has 0 heterocycles. The summed E-state index contributed by atoms with van der Waals surface area (Å²) in [5, 5.41) is 1.62. The molecule has 0 aromatic heterocycles. The highest BCUT2D eigenvalue weighted by Crippen LogP contribution is 2.46. The first kappa shape index (κ1) is 15.9. The van der Waals surface area contributed by atoms with E-state index in [1.54, 1.807) is 0 Å². The maximum Gasteiger partial charge on any atom is 0.361 e. The third-order valence-electron chi connectivity index (χ3n) is 2.42. The van der Waals surface area contributed by atoms with Crippen LogP contribution in [0.25, 0.3) is 0 Å². The van der Waals surface area contributed by atoms with E-state index in [9.17, 15) is 4.57 Å². The lowest BCUT2D eigenvalue weighted by molar-refractivity contribution is 0.230. The Morgan fingerprint density at radius 1 is 1.22 bits per heavy atom. The fourth-order valence-electron chi connectivity index (χ4n) is 1.68. The smallest absolute Gasteiger partial charge is 0.305 e. The second-order valence-electron chi connectivity index (χ2n) is 3.80. The lowest BCUT2D eigenvalue weighted by atomic mass is 10.1. The fraction of sp³-hybridized carbons (Fsp3) is 0.538. The minimum Gasteiger partial charge on any atom is -0.305 e. The Bertz CT molecular complexity index is 399. The second-order valence-corrected chi connectivity index (χ2v) is 6.62. The van der Waals surface area contributed by atoms with Crippen molar-refractivity contribution in [3.8, 4) is 0 Å². The first-order chi connectivity index (χ1) is 8.66. The van der Waals surface area contributed by atoms with Crippen molar-refractivity contribution in [3.63, 3.8) is 0 Å². The Labute approximate surface area is 118 Å². The largest absolute Gasteiger partial charge is 0.361 e. The molecule has 0 radical (unpaired) electrons. The fourth-order valence-corrected chi connectivity index (χ4v) is 3.60. The van der Waals surface area contributed by atoms with E-state index in [0.29, 0.717) is 18.5 Å². The van der Waals surface area contributed by atoms with Gasteiger partial charge in [-0.3, -0.25) is 4.57 Å². The van der Waals surface area contributed by atoms with Crippen molar-refractivity contribution in [1.82, 2.24) is 0 Å². The van der Waals surface area contributed by atoms with Crippen LogP contribution in [0, 0.1) is 0 Å². The van der Waals surface area contributed by atoms with Gasteiger partial charge in [0.1, 0.15) is 0 Å². The molecule has 0 aliphatic heterocycles. The summed E-state index contributed by atoms with van der Waals surface area (Å²) in [7, 11) is -3.14. The molecule has 0 unspecified atom stereocenters. The Morgan fingerprint density at radius 2 is 1.89 bits per heavy atom. The predicted octanol–water partition coefficient (Wildman–Crippen LogP) is 3.91. The summed E-state index contributed by atoms with van der Waals surface area (Å²) < 4.78 is 23.3. The predicted molar refractivity (Wildman–Crippen MR) is 79.0 cm³/mol. The summed E-state index contributed by atoms with van der Waals surface area (Å²) in [6.07, 6.45) is 2.01. The third-order valence-corrected chi connectivity index (χ3v) is 5.09. The van der Waals surface area contributed by atoms with Crippen LogP contribution in [0.4, 0.5) is 0 Å². The van der Waals surface area contributed by atoms with Crippen molar-refractivity contribution < 1.29 is 13.6 Å². The number of hydrogen-bond donors (Lipinski definition) is 0. The van der Waals surface area contributed by atoms with E-state index in [0.717, 1.165) is 23.7 Å². The third kappa shape index (κ3) is 4.51. The summed E-state index contributed by atoms with van der Waals surface area (Å²) in [5.74, 6) is 0. The van der Waals surface area contributed by atoms with Gasteiger partial charge in [0.25, 0.3) is 0 Å². The van der Waals surface area contributed by atoms with Gasteiger partial charge in [-0.1, -0.05) is 28.1 Å². The highest BCUT2D eigenvalue weighted by molar-refractivity contribution is 9.09. The van der Waals surface area contributed by atoms with Crippen LogP contribution < -0.4 is 5.30 Å². The molecule has 0 bridgehead atoms. The standard InChI is InChI=1S/C13H20BrO3P/c1-3-16-18(15,17-4-2)13-9-5-7-12(11-13)8-6-10-14/h5,7,9,11H,3-4,6,8,10H2,1-2H3. The van der Waals surface area contributed by atoms with E-state index < -0.39 is 7.60 Å². The number of alkyl halides is 1. The molecule has 1 rings (SSSR count). The zero-order valence-electron chi connectivity index (χ0n) is 10.9. The van der Waals surface area contributed by atoms with Crippen molar-refractivity contribution in [2.75, 3.05) is 18.5 Å². The van der Waals surface area contributed by atoms with Gasteiger partial charge in [0.05, 0.1) is 18.5 Å². The van der Waals surface area contributed by atoms with Crippen molar-refractivity contribution in [2.24, 2.45) is 0 Å². The van der Waals surface area contributed by atoms with Crippen LogP contribution in [0.1, 0.15) is 25.8 Å². The number of halogens is 1. The maximum atomic E-state index is 12.6. The van der Waals surface area contributed by atoms with Gasteiger partial charge in [0.15, 0.2) is 0 Å². The Morgan fingerprint density at radius 3 is 2.44 bits per heavy atom. The van der Waals surface area contributed by atoms with Crippen molar-refractivity contribution in [2.45, 2.75) is 26.7 Å². The highest BCUT2D eigenvalue weighted by atomic mass is 79.9. The van der Waals surface area contributed by atoms with Gasteiger partial charge in [-0.25, -0.2) is 0 Å². The van der Waals surface area contributed by atoms with Crippen LogP contribution in [0.15, 0.2) is 24.3 Å². The van der Waals surface area contributed by atoms with Gasteiger partial charge in [0, 0.05) is 5.33 Å². The Hall–Kier alpha value is -0.150. The van der Waals surface area contributed by atoms with Gasteiger partial charge in [0.2, 0.25) is 0 Å². The second kappa shape index (κ2) is 8.11. The first-order valence-corrected chi connectivity index (χ1v) is 8.87. The molecule has 0 amide bonds. The average Bonchev–Trinajstić information content (AvgIpc) is 2.37. The van der Waals surface area contributed by atoms with E-state index in [1.807, 2.05) is 38.1 Å². The summed E-state index contributed by atoms with van der Waals surface area (Å²) in [5.41, 5.74) is 1.16. The molecule has 0 spiro atoms. The molecule has 0 fully saturated rings. The summed E-state index contributed by atoms with van der Waals surface area (Å²) >= 11 is 3.41. The van der Waals surface area contributed by atoms with Crippen LogP contribution in [0.5, 0.6) is 0 Å². The Kier molecular flexibility index (Phi) is 7.16. The summed E-state index contributed by atoms with van der Waals surface area (Å²) in [6, 6.07) is 7.68. The highest BCUT2D eigenvalue weighted by Gasteiger charge is 2.26. The van der Waals surface area contributed by atoms with Crippen molar-refractivity contribution in [1.29, 1.82) is 0 Å². The molecule has 0 saturated heterocycles. The minimum atomic E-state index is -3.14. The molecule has 5 heteroatoms. The van der Waals surface area contributed by atoms with E-state index in [2.05, 4.69) is 15.9 Å². The molecule has 0 aliphatic rings. The maximum absolute atomic E-state index is 12.6. The number of aryl methyl sites for hydroxylation is 1. The van der Waals surface area contributed by atoms with E-state index in [1.165, 1.54) is 0 Å². The van der Waals surface area contributed by atoms with Crippen LogP contribution in [-0.2, 0) is 20.0 Å². The van der Waals surface area contributed by atoms with E-state index in [4.69, 9.17) is 9.05 Å². The lowest BCUT2D eigenvalue weighted by Crippen LogP contribution is -2.11. The molecule has 0 aliphatic carbocycles. The monoisotopic (exact) mass is 334 g/mol. The zero-order valence-corrected chi connectivity index (χ0v) is 13.4. The van der Waals surface area contributed by atoms with Gasteiger partial charge in [-0.15, -0.1) is 0 Å². The zero-order chi connectivity index (χ0) is 13.4. The first-order valence-electron chi connectivity index (χ1n) is 6.21. The number of hydrogen-bond acceptors (Lipinski definition) is 3. The van der Waals surface area contributed by atoms with Gasteiger partial charge < -0.3 is 9.05 Å². The molecule has 0 saturated carbocycles. The molecule has 102 valence electrons. The van der Waals surface area contributed by atoms with E-state index >= 15 is 0 Å². The lowest BCUT2D eigenvalue weighted by Gasteiger charge is -2.17. The summed E-state index contributed by atoms with van der Waals surface area (Å²) in [4.78, 5) is 0. The van der Waals surface area contributed by atoms with Gasteiger partial charge in [-0.05, 0) is 44.4 Å². The number of rotatable bonds is 8. The van der Waals surface area contributed by atoms with Crippen molar-refractivity contribution in [3.05, 3.63) is 29.8 Å². The molecule has 0 atom stereocenters. The molecule has 1 aromatic rings. The van der Waals surface area contributed by atoms with Crippen LogP contribution in [0.3, 0.4) is 0 Å². The average molecular weight is 335 g/mol. The molecule has 0 N–H and O–H groups in total. The van der Waals surface area contributed by atoms with E-state index in [-0.39, 0.29) is 0 Å². The Balaban J connectivity index is 2.94. The molecule has 18 heavy (non-hydrogen) atoms. The molecular formula is C13H20BrO3P. The quantitative estimate of drug-likeness (QED) is 0.534.